The predicted octanol–water partition coefficient (Wildman–Crippen LogP) is 1.67. The smallest absolute Gasteiger partial charge is 0.220 e. The van der Waals surface area contributed by atoms with Crippen LogP contribution in [0.3, 0.4) is 0 Å². The molecule has 2 rings (SSSR count). The average molecular weight is 303 g/mol. The molecule has 0 spiro atoms. The number of hydrogen-bond acceptors (Lipinski definition) is 3. The van der Waals surface area contributed by atoms with Crippen molar-refractivity contribution >= 4 is 17.5 Å². The normalized spacial score (nSPS) is 17.0. The second-order valence-corrected chi connectivity index (χ2v) is 6.01. The first-order valence-corrected chi connectivity index (χ1v) is 7.95. The number of piperidine rings is 1. The summed E-state index contributed by atoms with van der Waals surface area (Å²) >= 11 is 0. The Labute approximate surface area is 131 Å². The summed E-state index contributed by atoms with van der Waals surface area (Å²) < 4.78 is 0. The van der Waals surface area contributed by atoms with Gasteiger partial charge in [-0.2, -0.15) is 0 Å². The van der Waals surface area contributed by atoms with Crippen LogP contribution < -0.4 is 16.0 Å². The van der Waals surface area contributed by atoms with Crippen LogP contribution in [0.4, 0.5) is 5.69 Å². The number of benzene rings is 1. The Kier molecular flexibility index (Phi) is 5.81. The van der Waals surface area contributed by atoms with E-state index < -0.39 is 0 Å². The summed E-state index contributed by atoms with van der Waals surface area (Å²) in [4.78, 5) is 25.2. The van der Waals surface area contributed by atoms with Gasteiger partial charge in [0.25, 0.3) is 0 Å². The van der Waals surface area contributed by atoms with Crippen molar-refractivity contribution in [3.8, 4) is 0 Å². The maximum atomic E-state index is 11.9. The van der Waals surface area contributed by atoms with Gasteiger partial charge in [-0.15, -0.1) is 0 Å². The standard InChI is InChI=1S/C17H25N3O2/c1-13(17(18)22)7-8-16(21)19-14-9-11-20(12-10-14)15-5-3-2-4-6-15/h2-6,13-14H,7-12H2,1H3,(H2,18,22)(H,19,21)/t13-/m0/s1. The fourth-order valence-corrected chi connectivity index (χ4v) is 2.71. The summed E-state index contributed by atoms with van der Waals surface area (Å²) in [5.41, 5.74) is 6.44. The molecule has 22 heavy (non-hydrogen) atoms. The van der Waals surface area contributed by atoms with Crippen LogP contribution in [0, 0.1) is 5.92 Å². The fraction of sp³-hybridized carbons (Fsp3) is 0.529. The van der Waals surface area contributed by atoms with Crippen molar-refractivity contribution < 1.29 is 9.59 Å². The largest absolute Gasteiger partial charge is 0.371 e. The van der Waals surface area contributed by atoms with E-state index in [1.807, 2.05) is 18.2 Å². The van der Waals surface area contributed by atoms with E-state index in [0.29, 0.717) is 12.8 Å². The quantitative estimate of drug-likeness (QED) is 0.839. The zero-order chi connectivity index (χ0) is 15.9. The number of rotatable bonds is 6. The molecule has 0 aromatic heterocycles. The first-order chi connectivity index (χ1) is 10.6. The van der Waals surface area contributed by atoms with Crippen molar-refractivity contribution in [2.24, 2.45) is 11.7 Å². The molecular formula is C17H25N3O2. The minimum Gasteiger partial charge on any atom is -0.371 e. The van der Waals surface area contributed by atoms with E-state index in [4.69, 9.17) is 5.73 Å². The Morgan fingerprint density at radius 2 is 1.91 bits per heavy atom. The summed E-state index contributed by atoms with van der Waals surface area (Å²) in [5, 5.41) is 3.07. The van der Waals surface area contributed by atoms with Crippen LogP contribution in [0.15, 0.2) is 30.3 Å². The Hall–Kier alpha value is -2.04. The topological polar surface area (TPSA) is 75.4 Å². The molecule has 0 bridgehead atoms. The van der Waals surface area contributed by atoms with Gasteiger partial charge < -0.3 is 16.0 Å². The first-order valence-electron chi connectivity index (χ1n) is 7.95. The SMILES string of the molecule is C[C@@H](CCC(=O)NC1CCN(c2ccccc2)CC1)C(N)=O. The van der Waals surface area contributed by atoms with Gasteiger partial charge in [0, 0.05) is 37.2 Å². The summed E-state index contributed by atoms with van der Waals surface area (Å²) in [5.74, 6) is -0.569. The molecule has 0 unspecified atom stereocenters. The van der Waals surface area contributed by atoms with Crippen LogP contribution >= 0.6 is 0 Å². The molecule has 3 N–H and O–H groups in total. The van der Waals surface area contributed by atoms with Crippen molar-refractivity contribution in [3.05, 3.63) is 30.3 Å². The van der Waals surface area contributed by atoms with Crippen LogP contribution in [0.1, 0.15) is 32.6 Å². The molecule has 5 heteroatoms. The zero-order valence-corrected chi connectivity index (χ0v) is 13.1. The maximum Gasteiger partial charge on any atom is 0.220 e. The molecule has 0 radical (unpaired) electrons. The molecule has 0 saturated carbocycles. The lowest BCUT2D eigenvalue weighted by atomic mass is 10.0. The maximum absolute atomic E-state index is 11.9. The van der Waals surface area contributed by atoms with E-state index in [1.165, 1.54) is 5.69 Å². The van der Waals surface area contributed by atoms with Gasteiger partial charge in [0.15, 0.2) is 0 Å². The molecule has 1 aliphatic rings. The minimum atomic E-state index is -0.344. The van der Waals surface area contributed by atoms with Crippen molar-refractivity contribution in [1.29, 1.82) is 0 Å². The Balaban J connectivity index is 1.71. The zero-order valence-electron chi connectivity index (χ0n) is 13.1. The molecule has 5 nitrogen and oxygen atoms in total. The fourth-order valence-electron chi connectivity index (χ4n) is 2.71. The van der Waals surface area contributed by atoms with E-state index in [1.54, 1.807) is 6.92 Å². The number of amides is 2. The number of primary amides is 1. The second-order valence-electron chi connectivity index (χ2n) is 6.01. The third-order valence-electron chi connectivity index (χ3n) is 4.27. The van der Waals surface area contributed by atoms with Crippen molar-refractivity contribution in [2.75, 3.05) is 18.0 Å². The molecule has 1 saturated heterocycles. The van der Waals surface area contributed by atoms with Crippen LogP contribution in [-0.2, 0) is 9.59 Å². The van der Waals surface area contributed by atoms with Crippen LogP contribution in [-0.4, -0.2) is 30.9 Å². The van der Waals surface area contributed by atoms with Crippen molar-refractivity contribution in [1.82, 2.24) is 5.32 Å². The number of anilines is 1. The number of para-hydroxylation sites is 1. The molecule has 1 aliphatic heterocycles. The molecule has 0 aliphatic carbocycles. The summed E-state index contributed by atoms with van der Waals surface area (Å²) in [6.07, 6.45) is 2.78. The Bertz CT molecular complexity index is 496. The van der Waals surface area contributed by atoms with E-state index in [2.05, 4.69) is 22.3 Å². The molecule has 2 amide bonds. The molecule has 1 aromatic rings. The number of carbonyl (C=O) groups is 2. The highest BCUT2D eigenvalue weighted by Crippen LogP contribution is 2.19. The van der Waals surface area contributed by atoms with Gasteiger partial charge >= 0.3 is 0 Å². The van der Waals surface area contributed by atoms with Crippen LogP contribution in [0.5, 0.6) is 0 Å². The summed E-state index contributed by atoms with van der Waals surface area (Å²) in [6, 6.07) is 10.6. The number of nitrogens with zero attached hydrogens (tertiary/aromatic N) is 1. The van der Waals surface area contributed by atoms with Crippen LogP contribution in [0.25, 0.3) is 0 Å². The highest BCUT2D eigenvalue weighted by atomic mass is 16.2. The number of hydrogen-bond donors (Lipinski definition) is 2. The van der Waals surface area contributed by atoms with Gasteiger partial charge in [-0.25, -0.2) is 0 Å². The molecule has 120 valence electrons. The van der Waals surface area contributed by atoms with Crippen LogP contribution in [0.2, 0.25) is 0 Å². The molecule has 1 heterocycles. The number of nitrogens with one attached hydrogen (secondary N) is 1. The molecular weight excluding hydrogens is 278 g/mol. The van der Waals surface area contributed by atoms with E-state index in [0.717, 1.165) is 25.9 Å². The highest BCUT2D eigenvalue weighted by molar-refractivity contribution is 5.79. The Morgan fingerprint density at radius 3 is 2.50 bits per heavy atom. The van der Waals surface area contributed by atoms with Crippen molar-refractivity contribution in [2.45, 2.75) is 38.6 Å². The minimum absolute atomic E-state index is 0.0197. The van der Waals surface area contributed by atoms with Gasteiger partial charge in [0.2, 0.25) is 11.8 Å². The highest BCUT2D eigenvalue weighted by Gasteiger charge is 2.21. The van der Waals surface area contributed by atoms with E-state index in [-0.39, 0.29) is 23.8 Å². The van der Waals surface area contributed by atoms with Gasteiger partial charge in [-0.3, -0.25) is 9.59 Å². The van der Waals surface area contributed by atoms with Gasteiger partial charge in [-0.1, -0.05) is 25.1 Å². The van der Waals surface area contributed by atoms with Gasteiger partial charge in [0.05, 0.1) is 0 Å². The van der Waals surface area contributed by atoms with Crippen molar-refractivity contribution in [3.63, 3.8) is 0 Å². The first kappa shape index (κ1) is 16.3. The monoisotopic (exact) mass is 303 g/mol. The third kappa shape index (κ3) is 4.76. The van der Waals surface area contributed by atoms with Gasteiger partial charge in [-0.05, 0) is 31.4 Å². The lowest BCUT2D eigenvalue weighted by Gasteiger charge is -2.34. The lowest BCUT2D eigenvalue weighted by molar-refractivity contribution is -0.123. The molecule has 1 aromatic carbocycles. The number of carbonyl (C=O) groups excluding carboxylic acids is 2. The Morgan fingerprint density at radius 1 is 1.27 bits per heavy atom. The third-order valence-corrected chi connectivity index (χ3v) is 4.27. The summed E-state index contributed by atoms with van der Waals surface area (Å²) in [7, 11) is 0. The van der Waals surface area contributed by atoms with E-state index >= 15 is 0 Å². The summed E-state index contributed by atoms with van der Waals surface area (Å²) in [6.45, 7) is 3.66. The average Bonchev–Trinajstić information content (AvgIpc) is 2.54. The van der Waals surface area contributed by atoms with Gasteiger partial charge in [0.1, 0.15) is 0 Å². The number of nitrogens with two attached hydrogens (primary N) is 1. The lowest BCUT2D eigenvalue weighted by Crippen LogP contribution is -2.44. The van der Waals surface area contributed by atoms with E-state index in [9.17, 15) is 9.59 Å². The molecule has 1 atom stereocenters. The molecule has 1 fully saturated rings. The second kappa shape index (κ2) is 7.82. The predicted molar refractivity (Wildman–Crippen MR) is 87.4 cm³/mol.